The van der Waals surface area contributed by atoms with Gasteiger partial charge >= 0.3 is 0 Å². The number of carbonyl (C=O) groups is 1. The number of nitrogens with one attached hydrogen (secondary N) is 1. The number of rotatable bonds is 5. The molecule has 1 amide bonds. The average molecular weight is 293 g/mol. The van der Waals surface area contributed by atoms with Crippen LogP contribution in [-0.2, 0) is 9.53 Å². The Kier molecular flexibility index (Phi) is 5.47. The van der Waals surface area contributed by atoms with Crippen molar-refractivity contribution in [1.82, 2.24) is 5.32 Å². The second-order valence-electron chi connectivity index (χ2n) is 5.27. The van der Waals surface area contributed by atoms with Crippen LogP contribution in [0.3, 0.4) is 0 Å². The molecule has 0 unspecified atom stereocenters. The number of benzene rings is 1. The van der Waals surface area contributed by atoms with Crippen LogP contribution >= 0.6 is 0 Å². The number of carbonyl (C=O) groups excluding carboxylic acids is 1. The van der Waals surface area contributed by atoms with Crippen molar-refractivity contribution in [2.75, 3.05) is 19.8 Å². The molecular formula is C16H20FNO3. The van der Waals surface area contributed by atoms with Gasteiger partial charge in [-0.25, -0.2) is 4.39 Å². The van der Waals surface area contributed by atoms with Crippen LogP contribution in [0.1, 0.15) is 24.8 Å². The van der Waals surface area contributed by atoms with Crippen molar-refractivity contribution in [3.05, 3.63) is 41.7 Å². The summed E-state index contributed by atoms with van der Waals surface area (Å²) in [5, 5.41) is 12.9. The summed E-state index contributed by atoms with van der Waals surface area (Å²) in [5.41, 5.74) is -0.0125. The molecule has 2 rings (SSSR count). The van der Waals surface area contributed by atoms with Crippen molar-refractivity contribution >= 4 is 12.0 Å². The maximum Gasteiger partial charge on any atom is 0.223 e. The fourth-order valence-electron chi connectivity index (χ4n) is 2.14. The Morgan fingerprint density at radius 2 is 2.00 bits per heavy atom. The summed E-state index contributed by atoms with van der Waals surface area (Å²) in [6, 6.07) is 6.05. The van der Waals surface area contributed by atoms with Crippen LogP contribution in [-0.4, -0.2) is 36.4 Å². The SMILES string of the molecule is O=C(CC=Cc1ccc(F)cc1)NCC1(O)CCOCC1. The zero-order valence-corrected chi connectivity index (χ0v) is 11.8. The van der Waals surface area contributed by atoms with Gasteiger partial charge in [-0.1, -0.05) is 24.3 Å². The molecule has 0 saturated carbocycles. The number of hydrogen-bond acceptors (Lipinski definition) is 3. The van der Waals surface area contributed by atoms with Crippen LogP contribution in [0.5, 0.6) is 0 Å². The molecule has 0 atom stereocenters. The molecule has 1 heterocycles. The lowest BCUT2D eigenvalue weighted by Crippen LogP contribution is -2.46. The minimum Gasteiger partial charge on any atom is -0.388 e. The van der Waals surface area contributed by atoms with E-state index in [4.69, 9.17) is 4.74 Å². The van der Waals surface area contributed by atoms with Gasteiger partial charge in [-0.2, -0.15) is 0 Å². The van der Waals surface area contributed by atoms with Crippen molar-refractivity contribution in [3.8, 4) is 0 Å². The fourth-order valence-corrected chi connectivity index (χ4v) is 2.14. The first kappa shape index (κ1) is 15.7. The van der Waals surface area contributed by atoms with Crippen molar-refractivity contribution < 1.29 is 19.0 Å². The van der Waals surface area contributed by atoms with Crippen LogP contribution in [0, 0.1) is 5.82 Å². The minimum absolute atomic E-state index is 0.145. The highest BCUT2D eigenvalue weighted by Crippen LogP contribution is 2.19. The van der Waals surface area contributed by atoms with E-state index in [1.165, 1.54) is 12.1 Å². The molecule has 1 aromatic carbocycles. The molecule has 1 saturated heterocycles. The summed E-state index contributed by atoms with van der Waals surface area (Å²) in [4.78, 5) is 11.7. The Balaban J connectivity index is 1.73. The van der Waals surface area contributed by atoms with Crippen LogP contribution in [0.4, 0.5) is 4.39 Å². The third kappa shape index (κ3) is 5.28. The smallest absolute Gasteiger partial charge is 0.223 e. The van der Waals surface area contributed by atoms with E-state index in [0.717, 1.165) is 5.56 Å². The summed E-state index contributed by atoms with van der Waals surface area (Å²) in [6.45, 7) is 1.30. The van der Waals surface area contributed by atoms with Crippen molar-refractivity contribution in [2.45, 2.75) is 24.9 Å². The number of hydrogen-bond donors (Lipinski definition) is 2. The normalized spacial score (nSPS) is 17.8. The first-order chi connectivity index (χ1) is 10.1. The molecule has 21 heavy (non-hydrogen) atoms. The van der Waals surface area contributed by atoms with E-state index in [2.05, 4.69) is 5.32 Å². The highest BCUT2D eigenvalue weighted by molar-refractivity contribution is 5.78. The third-order valence-electron chi connectivity index (χ3n) is 3.52. The second kappa shape index (κ2) is 7.33. The van der Waals surface area contributed by atoms with Gasteiger partial charge in [0.2, 0.25) is 5.91 Å². The van der Waals surface area contributed by atoms with Crippen molar-refractivity contribution in [3.63, 3.8) is 0 Å². The third-order valence-corrected chi connectivity index (χ3v) is 3.52. The van der Waals surface area contributed by atoms with E-state index in [9.17, 15) is 14.3 Å². The molecule has 1 aliphatic rings. The molecule has 0 spiro atoms. The molecule has 0 radical (unpaired) electrons. The summed E-state index contributed by atoms with van der Waals surface area (Å²) in [6.07, 6.45) is 4.79. The quantitative estimate of drug-likeness (QED) is 0.871. The highest BCUT2D eigenvalue weighted by atomic mass is 19.1. The van der Waals surface area contributed by atoms with Crippen molar-refractivity contribution in [2.24, 2.45) is 0 Å². The first-order valence-electron chi connectivity index (χ1n) is 7.06. The van der Waals surface area contributed by atoms with Crippen LogP contribution in [0.2, 0.25) is 0 Å². The van der Waals surface area contributed by atoms with Gasteiger partial charge in [0.05, 0.1) is 5.60 Å². The Bertz CT molecular complexity index is 493. The van der Waals surface area contributed by atoms with Gasteiger partial charge in [-0.15, -0.1) is 0 Å². The number of ether oxygens (including phenoxy) is 1. The topological polar surface area (TPSA) is 58.6 Å². The summed E-state index contributed by atoms with van der Waals surface area (Å²) < 4.78 is 17.9. The van der Waals surface area contributed by atoms with E-state index < -0.39 is 5.60 Å². The molecule has 1 aliphatic heterocycles. The molecular weight excluding hydrogens is 273 g/mol. The molecule has 0 aromatic heterocycles. The van der Waals surface area contributed by atoms with Crippen LogP contribution in [0.25, 0.3) is 6.08 Å². The van der Waals surface area contributed by atoms with E-state index >= 15 is 0 Å². The lowest BCUT2D eigenvalue weighted by Gasteiger charge is -2.32. The van der Waals surface area contributed by atoms with E-state index in [1.807, 2.05) is 0 Å². The molecule has 0 bridgehead atoms. The molecule has 0 aliphatic carbocycles. The summed E-state index contributed by atoms with van der Waals surface area (Å²) in [7, 11) is 0. The van der Waals surface area contributed by atoms with Gasteiger partial charge in [0, 0.05) is 39.0 Å². The zero-order chi connectivity index (χ0) is 15.1. The zero-order valence-electron chi connectivity index (χ0n) is 11.8. The Labute approximate surface area is 123 Å². The maximum absolute atomic E-state index is 12.7. The molecule has 1 fully saturated rings. The van der Waals surface area contributed by atoms with Gasteiger partial charge in [0.25, 0.3) is 0 Å². The van der Waals surface area contributed by atoms with Crippen LogP contribution < -0.4 is 5.32 Å². The second-order valence-corrected chi connectivity index (χ2v) is 5.27. The standard InChI is InChI=1S/C16H20FNO3/c17-14-6-4-13(5-7-14)2-1-3-15(19)18-12-16(20)8-10-21-11-9-16/h1-2,4-7,20H,3,8-12H2,(H,18,19). The summed E-state index contributed by atoms with van der Waals surface area (Å²) in [5.74, 6) is -0.428. The fraction of sp³-hybridized carbons (Fsp3) is 0.438. The van der Waals surface area contributed by atoms with Gasteiger partial charge in [0.1, 0.15) is 5.82 Å². The van der Waals surface area contributed by atoms with Gasteiger partial charge < -0.3 is 15.2 Å². The Hall–Kier alpha value is -1.72. The molecule has 4 nitrogen and oxygen atoms in total. The monoisotopic (exact) mass is 293 g/mol. The maximum atomic E-state index is 12.7. The van der Waals surface area contributed by atoms with E-state index in [0.29, 0.717) is 26.1 Å². The highest BCUT2D eigenvalue weighted by Gasteiger charge is 2.29. The van der Waals surface area contributed by atoms with E-state index in [-0.39, 0.29) is 24.7 Å². The van der Waals surface area contributed by atoms with Gasteiger partial charge in [-0.05, 0) is 17.7 Å². The summed E-state index contributed by atoms with van der Waals surface area (Å²) >= 11 is 0. The number of halogens is 1. The molecule has 2 N–H and O–H groups in total. The van der Waals surface area contributed by atoms with Gasteiger partial charge in [-0.3, -0.25) is 4.79 Å². The Morgan fingerprint density at radius 1 is 1.33 bits per heavy atom. The van der Waals surface area contributed by atoms with E-state index in [1.54, 1.807) is 24.3 Å². The minimum atomic E-state index is -0.853. The lowest BCUT2D eigenvalue weighted by molar-refractivity contribution is -0.123. The predicted molar refractivity (Wildman–Crippen MR) is 78.1 cm³/mol. The van der Waals surface area contributed by atoms with Crippen LogP contribution in [0.15, 0.2) is 30.3 Å². The number of amides is 1. The van der Waals surface area contributed by atoms with Crippen molar-refractivity contribution in [1.29, 1.82) is 0 Å². The largest absolute Gasteiger partial charge is 0.388 e. The Morgan fingerprint density at radius 3 is 2.67 bits per heavy atom. The molecule has 114 valence electrons. The molecule has 5 heteroatoms. The predicted octanol–water partition coefficient (Wildman–Crippen LogP) is 1.89. The number of aliphatic hydroxyl groups is 1. The van der Waals surface area contributed by atoms with Gasteiger partial charge in [0.15, 0.2) is 0 Å². The average Bonchev–Trinajstić information content (AvgIpc) is 2.48. The lowest BCUT2D eigenvalue weighted by atomic mass is 9.94. The molecule has 1 aromatic rings. The first-order valence-corrected chi connectivity index (χ1v) is 7.06.